The quantitative estimate of drug-likeness (QED) is 0.392. The van der Waals surface area contributed by atoms with Gasteiger partial charge < -0.3 is 5.32 Å². The second-order valence-corrected chi connectivity index (χ2v) is 2.65. The Balaban J connectivity index is 2.03. The molecule has 0 radical (unpaired) electrons. The van der Waals surface area contributed by atoms with Gasteiger partial charge in [-0.15, -0.1) is 0 Å². The number of piperazine rings is 1. The van der Waals surface area contributed by atoms with Crippen LogP contribution in [0.15, 0.2) is 0 Å². The lowest BCUT2D eigenvalue weighted by atomic mass is 9.92. The highest BCUT2D eigenvalue weighted by atomic mass is 15.5. The number of nitrogens with two attached hydrogens (primary N) is 1. The van der Waals surface area contributed by atoms with Gasteiger partial charge in [-0.25, -0.2) is 5.01 Å². The summed E-state index contributed by atoms with van der Waals surface area (Å²) >= 11 is 0. The van der Waals surface area contributed by atoms with Crippen LogP contribution in [0.3, 0.4) is 0 Å². The first-order valence-electron chi connectivity index (χ1n) is 3.11. The van der Waals surface area contributed by atoms with Crippen molar-refractivity contribution in [1.82, 2.24) is 10.3 Å². The molecule has 0 amide bonds. The van der Waals surface area contributed by atoms with E-state index in [1.807, 2.05) is 5.01 Å². The monoisotopic (exact) mass is 113 g/mol. The number of rotatable bonds is 0. The predicted molar refractivity (Wildman–Crippen MR) is 31.1 cm³/mol. The van der Waals surface area contributed by atoms with Gasteiger partial charge in [0.25, 0.3) is 0 Å². The van der Waals surface area contributed by atoms with Gasteiger partial charge in [-0.05, 0) is 6.42 Å². The summed E-state index contributed by atoms with van der Waals surface area (Å²) in [5.41, 5.74) is 0. The van der Waals surface area contributed by atoms with Crippen LogP contribution in [-0.4, -0.2) is 30.2 Å². The van der Waals surface area contributed by atoms with Crippen molar-refractivity contribution in [3.63, 3.8) is 0 Å². The normalized spacial score (nSPS) is 46.1. The summed E-state index contributed by atoms with van der Waals surface area (Å²) in [5.74, 6) is 5.62. The number of hydrogen-bond donors (Lipinski definition) is 2. The lowest BCUT2D eigenvalue weighted by Gasteiger charge is -2.50. The summed E-state index contributed by atoms with van der Waals surface area (Å²) < 4.78 is 0. The van der Waals surface area contributed by atoms with E-state index in [9.17, 15) is 0 Å². The third kappa shape index (κ3) is 0.438. The zero-order chi connectivity index (χ0) is 5.56. The molecule has 3 fully saturated rings. The van der Waals surface area contributed by atoms with Gasteiger partial charge >= 0.3 is 0 Å². The summed E-state index contributed by atoms with van der Waals surface area (Å²) in [5, 5.41) is 5.26. The number of fused-ring (bicyclic) bond motifs is 2. The Morgan fingerprint density at radius 2 is 2.00 bits per heavy atom. The third-order valence-corrected chi connectivity index (χ3v) is 2.15. The van der Waals surface area contributed by atoms with Crippen molar-refractivity contribution in [3.05, 3.63) is 0 Å². The minimum absolute atomic E-state index is 0.647. The molecule has 2 bridgehead atoms. The van der Waals surface area contributed by atoms with Crippen LogP contribution < -0.4 is 11.2 Å². The molecule has 0 spiro atoms. The fraction of sp³-hybridized carbons (Fsp3) is 1.00. The zero-order valence-electron chi connectivity index (χ0n) is 4.80. The summed E-state index contributed by atoms with van der Waals surface area (Å²) in [7, 11) is 0. The van der Waals surface area contributed by atoms with Gasteiger partial charge in [-0.2, -0.15) is 0 Å². The number of hydrogen-bond acceptors (Lipinski definition) is 3. The molecule has 3 nitrogen and oxygen atoms in total. The van der Waals surface area contributed by atoms with Crippen molar-refractivity contribution in [2.75, 3.05) is 13.1 Å². The fourth-order valence-corrected chi connectivity index (χ4v) is 1.51. The number of piperidine rings is 1. The molecule has 3 heterocycles. The van der Waals surface area contributed by atoms with E-state index in [0.29, 0.717) is 12.1 Å². The molecule has 0 aromatic heterocycles. The molecule has 0 aliphatic carbocycles. The topological polar surface area (TPSA) is 41.3 Å². The van der Waals surface area contributed by atoms with E-state index < -0.39 is 0 Å². The highest BCUT2D eigenvalue weighted by Crippen LogP contribution is 2.23. The van der Waals surface area contributed by atoms with Gasteiger partial charge in [0, 0.05) is 25.2 Å². The second kappa shape index (κ2) is 1.43. The van der Waals surface area contributed by atoms with Crippen LogP contribution in [0.1, 0.15) is 6.42 Å². The smallest absolute Gasteiger partial charge is 0.0385 e. The average Bonchev–Trinajstić information content (AvgIpc) is 1.89. The van der Waals surface area contributed by atoms with Crippen molar-refractivity contribution >= 4 is 0 Å². The van der Waals surface area contributed by atoms with E-state index >= 15 is 0 Å². The van der Waals surface area contributed by atoms with Crippen LogP contribution in [0.5, 0.6) is 0 Å². The zero-order valence-corrected chi connectivity index (χ0v) is 4.80. The van der Waals surface area contributed by atoms with Gasteiger partial charge in [-0.3, -0.25) is 5.84 Å². The maximum Gasteiger partial charge on any atom is 0.0385 e. The van der Waals surface area contributed by atoms with E-state index in [1.54, 1.807) is 0 Å². The molecule has 8 heavy (non-hydrogen) atoms. The molecule has 46 valence electrons. The third-order valence-electron chi connectivity index (χ3n) is 2.15. The largest absolute Gasteiger partial charge is 0.314 e. The van der Waals surface area contributed by atoms with E-state index in [0.717, 1.165) is 13.1 Å². The van der Waals surface area contributed by atoms with Gasteiger partial charge in [0.1, 0.15) is 0 Å². The van der Waals surface area contributed by atoms with Gasteiger partial charge in [-0.1, -0.05) is 0 Å². The van der Waals surface area contributed by atoms with Crippen molar-refractivity contribution in [2.24, 2.45) is 5.84 Å². The van der Waals surface area contributed by atoms with E-state index in [4.69, 9.17) is 5.84 Å². The van der Waals surface area contributed by atoms with Crippen LogP contribution in [-0.2, 0) is 0 Å². The van der Waals surface area contributed by atoms with Crippen LogP contribution in [0.4, 0.5) is 0 Å². The van der Waals surface area contributed by atoms with Crippen molar-refractivity contribution in [3.8, 4) is 0 Å². The molecule has 2 unspecified atom stereocenters. The summed E-state index contributed by atoms with van der Waals surface area (Å²) in [6, 6.07) is 1.29. The highest BCUT2D eigenvalue weighted by Gasteiger charge is 2.38. The molecule has 0 aromatic rings. The van der Waals surface area contributed by atoms with Crippen molar-refractivity contribution < 1.29 is 0 Å². The molecule has 3 aliphatic heterocycles. The van der Waals surface area contributed by atoms with Crippen LogP contribution in [0.25, 0.3) is 0 Å². The summed E-state index contributed by atoms with van der Waals surface area (Å²) in [6.07, 6.45) is 1.31. The fourth-order valence-electron chi connectivity index (χ4n) is 1.51. The van der Waals surface area contributed by atoms with Gasteiger partial charge in [0.15, 0.2) is 0 Å². The first-order valence-corrected chi connectivity index (χ1v) is 3.11. The highest BCUT2D eigenvalue weighted by molar-refractivity contribution is 4.96. The Morgan fingerprint density at radius 1 is 1.38 bits per heavy atom. The lowest BCUT2D eigenvalue weighted by molar-refractivity contribution is -0.0141. The SMILES string of the molecule is NN1C2CNCC1C2. The summed E-state index contributed by atoms with van der Waals surface area (Å²) in [4.78, 5) is 0. The van der Waals surface area contributed by atoms with Crippen molar-refractivity contribution in [2.45, 2.75) is 18.5 Å². The molecular weight excluding hydrogens is 102 g/mol. The molecule has 3 N–H and O–H groups in total. The Hall–Kier alpha value is -0.120. The van der Waals surface area contributed by atoms with Crippen LogP contribution >= 0.6 is 0 Å². The minimum atomic E-state index is 0.647. The molecular formula is C5H11N3. The number of hydrazine groups is 1. The Morgan fingerprint density at radius 3 is 2.25 bits per heavy atom. The van der Waals surface area contributed by atoms with Crippen molar-refractivity contribution in [1.29, 1.82) is 0 Å². The molecule has 0 aromatic carbocycles. The Kier molecular flexibility index (Phi) is 0.848. The van der Waals surface area contributed by atoms with E-state index in [-0.39, 0.29) is 0 Å². The maximum absolute atomic E-state index is 5.62. The molecule has 3 heteroatoms. The average molecular weight is 113 g/mol. The summed E-state index contributed by atoms with van der Waals surface area (Å²) in [6.45, 7) is 2.18. The first-order chi connectivity index (χ1) is 3.88. The molecule has 3 aliphatic rings. The predicted octanol–water partition coefficient (Wildman–Crippen LogP) is -1.09. The molecule has 3 saturated heterocycles. The standard InChI is InChI=1S/C5H11N3/c6-8-4-1-5(8)3-7-2-4/h4-5,7H,1-3,6H2. The first kappa shape index (κ1) is 4.73. The minimum Gasteiger partial charge on any atom is -0.314 e. The van der Waals surface area contributed by atoms with E-state index in [1.165, 1.54) is 6.42 Å². The maximum atomic E-state index is 5.62. The van der Waals surface area contributed by atoms with Crippen LogP contribution in [0.2, 0.25) is 0 Å². The Labute approximate surface area is 48.8 Å². The van der Waals surface area contributed by atoms with Gasteiger partial charge in [0.05, 0.1) is 0 Å². The lowest BCUT2D eigenvalue weighted by Crippen LogP contribution is -2.70. The molecule has 2 atom stereocenters. The van der Waals surface area contributed by atoms with Gasteiger partial charge in [0.2, 0.25) is 0 Å². The van der Waals surface area contributed by atoms with Crippen LogP contribution in [0, 0.1) is 0 Å². The van der Waals surface area contributed by atoms with E-state index in [2.05, 4.69) is 5.32 Å². The number of nitrogens with zero attached hydrogens (tertiary/aromatic N) is 1. The molecule has 0 saturated carbocycles. The molecule has 3 rings (SSSR count). The Bertz CT molecular complexity index is 89.8. The number of nitrogens with one attached hydrogen (secondary N) is 1. The second-order valence-electron chi connectivity index (χ2n) is 2.65.